The van der Waals surface area contributed by atoms with Crippen LogP contribution >= 0.6 is 0 Å². The van der Waals surface area contributed by atoms with Crippen molar-refractivity contribution in [3.63, 3.8) is 0 Å². The minimum Gasteiger partial charge on any atom is -0.353 e. The van der Waals surface area contributed by atoms with Crippen molar-refractivity contribution in [1.82, 2.24) is 19.4 Å². The Morgan fingerprint density at radius 1 is 0.848 bits per heavy atom. The SMILES string of the molecule is O=C(NCCN1CCN(Cc2ccccc2)CC1)C1CCCCN1S(=O)(=O)c1ccccc1. The molecular weight excluding hydrogens is 436 g/mol. The molecule has 7 nitrogen and oxygen atoms in total. The van der Waals surface area contributed by atoms with Gasteiger partial charge in [0.05, 0.1) is 4.90 Å². The quantitative estimate of drug-likeness (QED) is 0.640. The van der Waals surface area contributed by atoms with E-state index in [0.717, 1.165) is 52.1 Å². The van der Waals surface area contributed by atoms with E-state index in [1.54, 1.807) is 30.3 Å². The molecule has 2 aliphatic rings. The molecule has 33 heavy (non-hydrogen) atoms. The minimum absolute atomic E-state index is 0.183. The molecule has 0 saturated carbocycles. The van der Waals surface area contributed by atoms with Gasteiger partial charge in [0.1, 0.15) is 6.04 Å². The highest BCUT2D eigenvalue weighted by atomic mass is 32.2. The Balaban J connectivity index is 1.24. The zero-order valence-corrected chi connectivity index (χ0v) is 19.9. The first-order chi connectivity index (χ1) is 16.0. The fraction of sp³-hybridized carbons (Fsp3) is 0.480. The average Bonchev–Trinajstić information content (AvgIpc) is 2.86. The number of amides is 1. The van der Waals surface area contributed by atoms with E-state index >= 15 is 0 Å². The Bertz CT molecular complexity index is 993. The summed E-state index contributed by atoms with van der Waals surface area (Å²) in [5.74, 6) is -0.183. The second-order valence-corrected chi connectivity index (χ2v) is 10.7. The minimum atomic E-state index is -3.68. The molecular formula is C25H34N4O3S. The third-order valence-corrected chi connectivity index (χ3v) is 8.47. The molecule has 2 aromatic carbocycles. The van der Waals surface area contributed by atoms with Crippen LogP contribution in [0.25, 0.3) is 0 Å². The second-order valence-electron chi connectivity index (χ2n) is 8.83. The molecule has 2 saturated heterocycles. The van der Waals surface area contributed by atoms with E-state index in [9.17, 15) is 13.2 Å². The van der Waals surface area contributed by atoms with Gasteiger partial charge >= 0.3 is 0 Å². The maximum absolute atomic E-state index is 13.1. The lowest BCUT2D eigenvalue weighted by Crippen LogP contribution is -2.53. The fourth-order valence-corrected chi connectivity index (χ4v) is 6.33. The molecule has 0 aliphatic carbocycles. The molecule has 4 rings (SSSR count). The summed E-state index contributed by atoms with van der Waals surface area (Å²) < 4.78 is 27.6. The lowest BCUT2D eigenvalue weighted by Gasteiger charge is -2.35. The molecule has 0 radical (unpaired) electrons. The van der Waals surface area contributed by atoms with Gasteiger partial charge in [0.2, 0.25) is 15.9 Å². The van der Waals surface area contributed by atoms with Gasteiger partial charge in [-0.25, -0.2) is 8.42 Å². The molecule has 178 valence electrons. The summed E-state index contributed by atoms with van der Waals surface area (Å²) in [7, 11) is -3.68. The third-order valence-electron chi connectivity index (χ3n) is 6.55. The number of nitrogens with one attached hydrogen (secondary N) is 1. The van der Waals surface area contributed by atoms with Gasteiger partial charge in [-0.2, -0.15) is 4.31 Å². The van der Waals surface area contributed by atoms with Gasteiger partial charge in [0, 0.05) is 52.4 Å². The van der Waals surface area contributed by atoms with Crippen LogP contribution in [-0.2, 0) is 21.4 Å². The van der Waals surface area contributed by atoms with Crippen molar-refractivity contribution in [2.45, 2.75) is 36.7 Å². The summed E-state index contributed by atoms with van der Waals surface area (Å²) in [4.78, 5) is 18.0. The van der Waals surface area contributed by atoms with Crippen LogP contribution in [0.2, 0.25) is 0 Å². The Kier molecular flexibility index (Phi) is 8.14. The number of nitrogens with zero attached hydrogens (tertiary/aromatic N) is 3. The van der Waals surface area contributed by atoms with Crippen LogP contribution in [-0.4, -0.2) is 80.3 Å². The number of rotatable bonds is 8. The van der Waals surface area contributed by atoms with E-state index in [2.05, 4.69) is 39.4 Å². The zero-order valence-electron chi connectivity index (χ0n) is 19.1. The summed E-state index contributed by atoms with van der Waals surface area (Å²) >= 11 is 0. The molecule has 2 fully saturated rings. The van der Waals surface area contributed by atoms with Gasteiger partial charge in [0.25, 0.3) is 0 Å². The molecule has 0 spiro atoms. The summed E-state index contributed by atoms with van der Waals surface area (Å²) in [6, 6.07) is 18.3. The second kappa shape index (κ2) is 11.2. The summed E-state index contributed by atoms with van der Waals surface area (Å²) in [6.07, 6.45) is 2.21. The van der Waals surface area contributed by atoms with Crippen molar-refractivity contribution in [2.75, 3.05) is 45.8 Å². The highest BCUT2D eigenvalue weighted by Crippen LogP contribution is 2.25. The number of benzene rings is 2. The molecule has 1 amide bonds. The largest absolute Gasteiger partial charge is 0.353 e. The van der Waals surface area contributed by atoms with E-state index < -0.39 is 16.1 Å². The van der Waals surface area contributed by atoms with Gasteiger partial charge < -0.3 is 5.32 Å². The molecule has 2 aliphatic heterocycles. The van der Waals surface area contributed by atoms with Gasteiger partial charge in [0.15, 0.2) is 0 Å². The van der Waals surface area contributed by atoms with Crippen molar-refractivity contribution in [2.24, 2.45) is 0 Å². The Morgan fingerprint density at radius 2 is 1.48 bits per heavy atom. The number of piperazine rings is 1. The average molecular weight is 471 g/mol. The van der Waals surface area contributed by atoms with E-state index in [4.69, 9.17) is 0 Å². The van der Waals surface area contributed by atoms with Crippen molar-refractivity contribution in [3.8, 4) is 0 Å². The Labute approximate surface area is 197 Å². The number of hydrogen-bond acceptors (Lipinski definition) is 5. The predicted octanol–water partition coefficient (Wildman–Crippen LogP) is 2.16. The number of carbonyl (C=O) groups excluding carboxylic acids is 1. The topological polar surface area (TPSA) is 73.0 Å². The van der Waals surface area contributed by atoms with Gasteiger partial charge in [-0.1, -0.05) is 55.0 Å². The summed E-state index contributed by atoms with van der Waals surface area (Å²) in [5.41, 5.74) is 1.33. The van der Waals surface area contributed by atoms with Crippen molar-refractivity contribution in [3.05, 3.63) is 66.2 Å². The summed E-state index contributed by atoms with van der Waals surface area (Å²) in [6.45, 7) is 6.64. The maximum atomic E-state index is 13.1. The number of carbonyl (C=O) groups is 1. The molecule has 2 aromatic rings. The molecule has 0 aromatic heterocycles. The first-order valence-electron chi connectivity index (χ1n) is 11.9. The standard InChI is InChI=1S/C25H34N4O3S/c30-25(24-13-7-8-15-29(24)33(31,32)23-11-5-2-6-12-23)26-14-16-27-17-19-28(20-18-27)21-22-9-3-1-4-10-22/h1-6,9-12,24H,7-8,13-21H2,(H,26,30). The van der Waals surface area contributed by atoms with Crippen LogP contribution in [0.4, 0.5) is 0 Å². The molecule has 1 atom stereocenters. The van der Waals surface area contributed by atoms with Crippen LogP contribution in [0, 0.1) is 0 Å². The maximum Gasteiger partial charge on any atom is 0.243 e. The van der Waals surface area contributed by atoms with Crippen molar-refractivity contribution >= 4 is 15.9 Å². The number of hydrogen-bond donors (Lipinski definition) is 1. The molecule has 1 N–H and O–H groups in total. The van der Waals surface area contributed by atoms with Gasteiger partial charge in [-0.15, -0.1) is 0 Å². The first kappa shape index (κ1) is 23.9. The van der Waals surface area contributed by atoms with Crippen LogP contribution in [0.1, 0.15) is 24.8 Å². The van der Waals surface area contributed by atoms with Crippen LogP contribution in [0.15, 0.2) is 65.6 Å². The smallest absolute Gasteiger partial charge is 0.243 e. The van der Waals surface area contributed by atoms with E-state index in [0.29, 0.717) is 19.5 Å². The lowest BCUT2D eigenvalue weighted by molar-refractivity contribution is -0.125. The van der Waals surface area contributed by atoms with Crippen molar-refractivity contribution < 1.29 is 13.2 Å². The van der Waals surface area contributed by atoms with Crippen LogP contribution in [0.5, 0.6) is 0 Å². The highest BCUT2D eigenvalue weighted by Gasteiger charge is 2.37. The van der Waals surface area contributed by atoms with Crippen molar-refractivity contribution in [1.29, 1.82) is 0 Å². The Morgan fingerprint density at radius 3 is 2.18 bits per heavy atom. The molecule has 8 heteroatoms. The van der Waals surface area contributed by atoms with E-state index in [1.807, 2.05) is 6.07 Å². The van der Waals surface area contributed by atoms with Gasteiger partial charge in [-0.05, 0) is 30.5 Å². The van der Waals surface area contributed by atoms with Crippen LogP contribution in [0.3, 0.4) is 0 Å². The molecule has 2 heterocycles. The number of piperidine rings is 1. The highest BCUT2D eigenvalue weighted by molar-refractivity contribution is 7.89. The third kappa shape index (κ3) is 6.20. The van der Waals surface area contributed by atoms with Gasteiger partial charge in [-0.3, -0.25) is 14.6 Å². The van der Waals surface area contributed by atoms with E-state index in [-0.39, 0.29) is 10.8 Å². The lowest BCUT2D eigenvalue weighted by atomic mass is 10.0. The zero-order chi connectivity index (χ0) is 23.1. The number of sulfonamides is 1. The predicted molar refractivity (Wildman–Crippen MR) is 129 cm³/mol. The Hall–Kier alpha value is -2.26. The van der Waals surface area contributed by atoms with Crippen LogP contribution < -0.4 is 5.32 Å². The fourth-order valence-electron chi connectivity index (χ4n) is 4.65. The molecule has 1 unspecified atom stereocenters. The normalized spacial score (nSPS) is 21.0. The monoisotopic (exact) mass is 470 g/mol. The summed E-state index contributed by atoms with van der Waals surface area (Å²) in [5, 5.41) is 3.00. The van der Waals surface area contributed by atoms with E-state index in [1.165, 1.54) is 9.87 Å². The molecule has 0 bridgehead atoms. The first-order valence-corrected chi connectivity index (χ1v) is 13.3.